The van der Waals surface area contributed by atoms with Gasteiger partial charge in [-0.2, -0.15) is 0 Å². The molecule has 0 radical (unpaired) electrons. The zero-order chi connectivity index (χ0) is 14.2. The number of methoxy groups -OCH3 is 1. The van der Waals surface area contributed by atoms with Crippen molar-refractivity contribution < 1.29 is 19.7 Å². The minimum Gasteiger partial charge on any atom is -0.507 e. The van der Waals surface area contributed by atoms with Crippen LogP contribution in [0.15, 0.2) is 42.5 Å². The second kappa shape index (κ2) is 4.72. The molecule has 0 amide bonds. The van der Waals surface area contributed by atoms with E-state index in [2.05, 4.69) is 0 Å². The van der Waals surface area contributed by atoms with E-state index < -0.39 is 5.79 Å². The lowest BCUT2D eigenvalue weighted by Crippen LogP contribution is -2.36. The predicted octanol–water partition coefficient (Wildman–Crippen LogP) is 2.57. The van der Waals surface area contributed by atoms with E-state index in [4.69, 9.17) is 9.47 Å². The molecule has 0 saturated heterocycles. The number of phenolic OH excluding ortho intramolecular Hbond substituents is 1. The van der Waals surface area contributed by atoms with Crippen molar-refractivity contribution in [3.8, 4) is 17.2 Å². The van der Waals surface area contributed by atoms with Gasteiger partial charge in [0.15, 0.2) is 0 Å². The standard InChI is InChI=1S/C16H16O4/c1-19-12-7-6-11-8-9-16(18,20-15(11)10-12)13-4-2-3-5-14(13)17/h2-7,10,17-18H,8-9H2,1H3. The van der Waals surface area contributed by atoms with Gasteiger partial charge in [0, 0.05) is 12.5 Å². The molecule has 0 aromatic heterocycles. The quantitative estimate of drug-likeness (QED) is 0.882. The summed E-state index contributed by atoms with van der Waals surface area (Å²) in [4.78, 5) is 0. The third-order valence-electron chi connectivity index (χ3n) is 3.61. The molecule has 4 nitrogen and oxygen atoms in total. The van der Waals surface area contributed by atoms with Gasteiger partial charge in [0.2, 0.25) is 5.79 Å². The molecule has 2 aromatic rings. The van der Waals surface area contributed by atoms with Crippen molar-refractivity contribution in [2.45, 2.75) is 18.6 Å². The highest BCUT2D eigenvalue weighted by molar-refractivity contribution is 5.45. The Hall–Kier alpha value is -2.20. The number of rotatable bonds is 2. The van der Waals surface area contributed by atoms with E-state index >= 15 is 0 Å². The molecule has 0 saturated carbocycles. The van der Waals surface area contributed by atoms with Gasteiger partial charge in [0.25, 0.3) is 0 Å². The van der Waals surface area contributed by atoms with Gasteiger partial charge in [-0.3, -0.25) is 0 Å². The van der Waals surface area contributed by atoms with Crippen LogP contribution in [0.1, 0.15) is 17.5 Å². The average Bonchev–Trinajstić information content (AvgIpc) is 2.46. The predicted molar refractivity (Wildman–Crippen MR) is 73.9 cm³/mol. The smallest absolute Gasteiger partial charge is 0.238 e. The van der Waals surface area contributed by atoms with Crippen molar-refractivity contribution in [3.05, 3.63) is 53.6 Å². The highest BCUT2D eigenvalue weighted by Gasteiger charge is 2.38. The van der Waals surface area contributed by atoms with Crippen molar-refractivity contribution in [3.63, 3.8) is 0 Å². The van der Waals surface area contributed by atoms with Gasteiger partial charge in [-0.25, -0.2) is 0 Å². The first-order chi connectivity index (χ1) is 9.62. The van der Waals surface area contributed by atoms with Gasteiger partial charge in [0.1, 0.15) is 17.2 Å². The fraction of sp³-hybridized carbons (Fsp3) is 0.250. The molecular formula is C16H16O4. The summed E-state index contributed by atoms with van der Waals surface area (Å²) >= 11 is 0. The van der Waals surface area contributed by atoms with Gasteiger partial charge in [-0.05, 0) is 30.2 Å². The first kappa shape index (κ1) is 12.8. The molecule has 3 rings (SSSR count). The van der Waals surface area contributed by atoms with Gasteiger partial charge >= 0.3 is 0 Å². The minimum absolute atomic E-state index is 0.0290. The summed E-state index contributed by atoms with van der Waals surface area (Å²) < 4.78 is 10.9. The number of benzene rings is 2. The molecule has 20 heavy (non-hydrogen) atoms. The number of aryl methyl sites for hydroxylation is 1. The van der Waals surface area contributed by atoms with E-state index in [1.54, 1.807) is 31.4 Å². The summed E-state index contributed by atoms with van der Waals surface area (Å²) in [7, 11) is 1.58. The topological polar surface area (TPSA) is 58.9 Å². The van der Waals surface area contributed by atoms with E-state index in [1.807, 2.05) is 12.1 Å². The van der Waals surface area contributed by atoms with Crippen molar-refractivity contribution in [1.82, 2.24) is 0 Å². The van der Waals surface area contributed by atoms with Crippen LogP contribution < -0.4 is 9.47 Å². The van der Waals surface area contributed by atoms with Gasteiger partial charge in [-0.15, -0.1) is 0 Å². The number of aromatic hydroxyl groups is 1. The summed E-state index contributed by atoms with van der Waals surface area (Å²) in [5.74, 6) is -0.224. The number of ether oxygens (including phenoxy) is 2. The van der Waals surface area contributed by atoms with Crippen LogP contribution in [0.5, 0.6) is 17.2 Å². The van der Waals surface area contributed by atoms with Crippen molar-refractivity contribution in [1.29, 1.82) is 0 Å². The highest BCUT2D eigenvalue weighted by atomic mass is 16.6. The zero-order valence-electron chi connectivity index (χ0n) is 11.2. The summed E-state index contributed by atoms with van der Waals surface area (Å²) in [6, 6.07) is 12.2. The first-order valence-electron chi connectivity index (χ1n) is 6.49. The Morgan fingerprint density at radius 1 is 1.20 bits per heavy atom. The lowest BCUT2D eigenvalue weighted by molar-refractivity contribution is -0.159. The van der Waals surface area contributed by atoms with Crippen molar-refractivity contribution >= 4 is 0 Å². The Labute approximate surface area is 117 Å². The molecule has 4 heteroatoms. The molecule has 0 fully saturated rings. The second-order valence-corrected chi connectivity index (χ2v) is 4.88. The Bertz CT molecular complexity index is 638. The van der Waals surface area contributed by atoms with Crippen LogP contribution in [0.2, 0.25) is 0 Å². The number of para-hydroxylation sites is 1. The van der Waals surface area contributed by atoms with Crippen LogP contribution in [0.3, 0.4) is 0 Å². The number of phenols is 1. The van der Waals surface area contributed by atoms with E-state index in [1.165, 1.54) is 6.07 Å². The Morgan fingerprint density at radius 3 is 2.75 bits per heavy atom. The van der Waals surface area contributed by atoms with Crippen LogP contribution in [0.4, 0.5) is 0 Å². The molecule has 0 aliphatic carbocycles. The molecule has 104 valence electrons. The fourth-order valence-corrected chi connectivity index (χ4v) is 2.49. The minimum atomic E-state index is -1.51. The Balaban J connectivity index is 2.00. The Morgan fingerprint density at radius 2 is 2.00 bits per heavy atom. The van der Waals surface area contributed by atoms with Crippen LogP contribution in [-0.2, 0) is 12.2 Å². The summed E-state index contributed by atoms with van der Waals surface area (Å²) in [5, 5.41) is 20.6. The third kappa shape index (κ3) is 2.08. The normalized spacial score (nSPS) is 20.9. The number of hydrogen-bond acceptors (Lipinski definition) is 4. The third-order valence-corrected chi connectivity index (χ3v) is 3.61. The Kier molecular flexibility index (Phi) is 3.03. The monoisotopic (exact) mass is 272 g/mol. The van der Waals surface area contributed by atoms with E-state index in [-0.39, 0.29) is 5.75 Å². The highest BCUT2D eigenvalue weighted by Crippen LogP contribution is 2.41. The number of aliphatic hydroxyl groups is 1. The van der Waals surface area contributed by atoms with Crippen LogP contribution in [-0.4, -0.2) is 17.3 Å². The van der Waals surface area contributed by atoms with E-state index in [0.29, 0.717) is 29.9 Å². The summed E-state index contributed by atoms with van der Waals surface area (Å²) in [6.07, 6.45) is 1.06. The lowest BCUT2D eigenvalue weighted by Gasteiger charge is -2.34. The molecule has 2 N–H and O–H groups in total. The van der Waals surface area contributed by atoms with Crippen LogP contribution in [0, 0.1) is 0 Å². The maximum absolute atomic E-state index is 10.7. The maximum atomic E-state index is 10.7. The van der Waals surface area contributed by atoms with Crippen molar-refractivity contribution in [2.24, 2.45) is 0 Å². The molecule has 0 spiro atoms. The SMILES string of the molecule is COc1ccc2c(c1)OC(O)(c1ccccc1O)CC2. The molecular weight excluding hydrogens is 256 g/mol. The molecule has 2 aromatic carbocycles. The van der Waals surface area contributed by atoms with E-state index in [9.17, 15) is 10.2 Å². The van der Waals surface area contributed by atoms with Gasteiger partial charge in [-0.1, -0.05) is 18.2 Å². The zero-order valence-corrected chi connectivity index (χ0v) is 11.2. The molecule has 1 aliphatic rings. The molecule has 1 atom stereocenters. The van der Waals surface area contributed by atoms with Crippen LogP contribution >= 0.6 is 0 Å². The molecule has 1 unspecified atom stereocenters. The number of fused-ring (bicyclic) bond motifs is 1. The first-order valence-corrected chi connectivity index (χ1v) is 6.49. The van der Waals surface area contributed by atoms with E-state index in [0.717, 1.165) is 5.56 Å². The van der Waals surface area contributed by atoms with Gasteiger partial charge in [0.05, 0.1) is 12.7 Å². The average molecular weight is 272 g/mol. The maximum Gasteiger partial charge on any atom is 0.238 e. The van der Waals surface area contributed by atoms with Gasteiger partial charge < -0.3 is 19.7 Å². The largest absolute Gasteiger partial charge is 0.507 e. The number of hydrogen-bond donors (Lipinski definition) is 2. The second-order valence-electron chi connectivity index (χ2n) is 4.88. The summed E-state index contributed by atoms with van der Waals surface area (Å²) in [6.45, 7) is 0. The molecule has 0 bridgehead atoms. The molecule has 1 heterocycles. The van der Waals surface area contributed by atoms with Crippen LogP contribution in [0.25, 0.3) is 0 Å². The lowest BCUT2D eigenvalue weighted by atomic mass is 9.93. The summed E-state index contributed by atoms with van der Waals surface area (Å²) in [5.41, 5.74) is 1.40. The molecule has 1 aliphatic heterocycles. The fourth-order valence-electron chi connectivity index (χ4n) is 2.49. The van der Waals surface area contributed by atoms with Crippen molar-refractivity contribution in [2.75, 3.05) is 7.11 Å².